The molecule has 1 aliphatic heterocycles. The van der Waals surface area contributed by atoms with Crippen molar-refractivity contribution in [3.63, 3.8) is 0 Å². The van der Waals surface area contributed by atoms with E-state index in [-0.39, 0.29) is 5.69 Å². The third kappa shape index (κ3) is 3.16. The first kappa shape index (κ1) is 12.8. The van der Waals surface area contributed by atoms with Crippen molar-refractivity contribution >= 4 is 11.8 Å². The molecule has 98 valence electrons. The molecule has 1 aliphatic rings. The molecule has 1 unspecified atom stereocenters. The summed E-state index contributed by atoms with van der Waals surface area (Å²) >= 11 is 0. The molecular formula is C12H18N4O2. The summed E-state index contributed by atoms with van der Waals surface area (Å²) in [6.45, 7) is 5.19. The maximum atomic E-state index is 10.8. The van der Waals surface area contributed by atoms with Gasteiger partial charge in [-0.2, -0.15) is 0 Å². The normalized spacial score (nSPS) is 17.6. The smallest absolute Gasteiger partial charge is 0.356 e. The highest BCUT2D eigenvalue weighted by Gasteiger charge is 2.17. The Morgan fingerprint density at radius 2 is 2.22 bits per heavy atom. The lowest BCUT2D eigenvalue weighted by Gasteiger charge is -2.23. The fourth-order valence-corrected chi connectivity index (χ4v) is 2.12. The van der Waals surface area contributed by atoms with Gasteiger partial charge in [0.15, 0.2) is 5.69 Å². The Labute approximate surface area is 106 Å². The third-order valence-corrected chi connectivity index (χ3v) is 3.20. The van der Waals surface area contributed by atoms with Crippen LogP contribution in [0.25, 0.3) is 0 Å². The van der Waals surface area contributed by atoms with Gasteiger partial charge in [-0.05, 0) is 32.9 Å². The van der Waals surface area contributed by atoms with Crippen LogP contribution < -0.4 is 5.32 Å². The fourth-order valence-electron chi connectivity index (χ4n) is 2.12. The van der Waals surface area contributed by atoms with Crippen LogP contribution in [-0.4, -0.2) is 51.6 Å². The van der Waals surface area contributed by atoms with Gasteiger partial charge in [-0.15, -0.1) is 0 Å². The van der Waals surface area contributed by atoms with Gasteiger partial charge in [0.25, 0.3) is 0 Å². The molecule has 0 spiro atoms. The third-order valence-electron chi connectivity index (χ3n) is 3.20. The minimum atomic E-state index is -1.06. The van der Waals surface area contributed by atoms with Crippen molar-refractivity contribution < 1.29 is 9.90 Å². The number of aromatic nitrogens is 2. The molecule has 0 radical (unpaired) electrons. The SMILES string of the molecule is CC(CNc1cncc(C(=O)O)n1)N1CCCC1. The summed E-state index contributed by atoms with van der Waals surface area (Å²) in [6.07, 6.45) is 5.32. The zero-order valence-corrected chi connectivity index (χ0v) is 10.5. The van der Waals surface area contributed by atoms with Gasteiger partial charge in [0.2, 0.25) is 0 Å². The van der Waals surface area contributed by atoms with E-state index in [4.69, 9.17) is 5.11 Å². The number of likely N-dealkylation sites (tertiary alicyclic amines) is 1. The van der Waals surface area contributed by atoms with Crippen LogP contribution in [0.15, 0.2) is 12.4 Å². The maximum absolute atomic E-state index is 10.8. The molecule has 2 heterocycles. The Kier molecular flexibility index (Phi) is 4.09. The molecule has 0 aromatic carbocycles. The van der Waals surface area contributed by atoms with Crippen LogP contribution in [0.5, 0.6) is 0 Å². The number of nitrogens with one attached hydrogen (secondary N) is 1. The van der Waals surface area contributed by atoms with Gasteiger partial charge in [-0.3, -0.25) is 9.88 Å². The van der Waals surface area contributed by atoms with E-state index in [0.717, 1.165) is 19.6 Å². The average Bonchev–Trinajstić information content (AvgIpc) is 2.90. The predicted molar refractivity (Wildman–Crippen MR) is 67.8 cm³/mol. The Bertz CT molecular complexity index is 418. The molecule has 1 fully saturated rings. The first-order chi connectivity index (χ1) is 8.66. The topological polar surface area (TPSA) is 78.3 Å². The first-order valence-electron chi connectivity index (χ1n) is 6.20. The number of carboxylic acid groups (broad SMARTS) is 1. The van der Waals surface area contributed by atoms with Crippen LogP contribution in [-0.2, 0) is 0 Å². The first-order valence-corrected chi connectivity index (χ1v) is 6.20. The lowest BCUT2D eigenvalue weighted by Crippen LogP contribution is -2.35. The molecule has 1 atom stereocenters. The number of carboxylic acids is 1. The van der Waals surface area contributed by atoms with Crippen LogP contribution in [0.3, 0.4) is 0 Å². The van der Waals surface area contributed by atoms with E-state index in [0.29, 0.717) is 11.9 Å². The summed E-state index contributed by atoms with van der Waals surface area (Å²) in [7, 11) is 0. The van der Waals surface area contributed by atoms with E-state index in [2.05, 4.69) is 27.1 Å². The molecule has 6 heteroatoms. The standard InChI is InChI=1S/C12H18N4O2/c1-9(16-4-2-3-5-16)6-14-11-8-13-7-10(15-11)12(17)18/h7-9H,2-6H2,1H3,(H,14,15)(H,17,18). The monoisotopic (exact) mass is 250 g/mol. The van der Waals surface area contributed by atoms with Crippen molar-refractivity contribution in [3.8, 4) is 0 Å². The number of aromatic carboxylic acids is 1. The van der Waals surface area contributed by atoms with E-state index < -0.39 is 5.97 Å². The second-order valence-electron chi connectivity index (χ2n) is 4.57. The van der Waals surface area contributed by atoms with Crippen molar-refractivity contribution in [3.05, 3.63) is 18.1 Å². The second-order valence-corrected chi connectivity index (χ2v) is 4.57. The molecule has 1 aromatic heterocycles. The minimum Gasteiger partial charge on any atom is -0.476 e. The molecule has 0 aliphatic carbocycles. The molecule has 18 heavy (non-hydrogen) atoms. The largest absolute Gasteiger partial charge is 0.476 e. The van der Waals surface area contributed by atoms with Gasteiger partial charge in [0.05, 0.1) is 12.4 Å². The van der Waals surface area contributed by atoms with Gasteiger partial charge >= 0.3 is 5.97 Å². The number of anilines is 1. The van der Waals surface area contributed by atoms with Gasteiger partial charge < -0.3 is 10.4 Å². The lowest BCUT2D eigenvalue weighted by molar-refractivity contribution is 0.0690. The highest BCUT2D eigenvalue weighted by molar-refractivity contribution is 5.85. The van der Waals surface area contributed by atoms with Crippen molar-refractivity contribution in [2.45, 2.75) is 25.8 Å². The van der Waals surface area contributed by atoms with E-state index in [1.165, 1.54) is 19.0 Å². The summed E-state index contributed by atoms with van der Waals surface area (Å²) in [6, 6.07) is 0.419. The number of nitrogens with zero attached hydrogens (tertiary/aromatic N) is 3. The highest BCUT2D eigenvalue weighted by Crippen LogP contribution is 2.12. The quantitative estimate of drug-likeness (QED) is 0.814. The van der Waals surface area contributed by atoms with Crippen LogP contribution in [0.1, 0.15) is 30.3 Å². The van der Waals surface area contributed by atoms with Crippen LogP contribution in [0, 0.1) is 0 Å². The highest BCUT2D eigenvalue weighted by atomic mass is 16.4. The molecular weight excluding hydrogens is 232 g/mol. The van der Waals surface area contributed by atoms with E-state index in [1.54, 1.807) is 6.20 Å². The number of hydrogen-bond acceptors (Lipinski definition) is 5. The van der Waals surface area contributed by atoms with Crippen LogP contribution >= 0.6 is 0 Å². The van der Waals surface area contributed by atoms with E-state index in [1.807, 2.05) is 0 Å². The fraction of sp³-hybridized carbons (Fsp3) is 0.583. The molecule has 0 amide bonds. The van der Waals surface area contributed by atoms with Gasteiger partial charge in [-0.25, -0.2) is 9.78 Å². The number of rotatable bonds is 5. The van der Waals surface area contributed by atoms with Gasteiger partial charge in [0.1, 0.15) is 5.82 Å². The van der Waals surface area contributed by atoms with Crippen molar-refractivity contribution in [2.24, 2.45) is 0 Å². The molecule has 0 saturated carbocycles. The summed E-state index contributed by atoms with van der Waals surface area (Å²) in [5.74, 6) is -0.542. The zero-order chi connectivity index (χ0) is 13.0. The van der Waals surface area contributed by atoms with Gasteiger partial charge in [0, 0.05) is 12.6 Å². The Balaban J connectivity index is 1.89. The van der Waals surface area contributed by atoms with Gasteiger partial charge in [-0.1, -0.05) is 0 Å². The molecule has 2 rings (SSSR count). The summed E-state index contributed by atoms with van der Waals surface area (Å²) in [5.41, 5.74) is -0.0335. The van der Waals surface area contributed by atoms with E-state index in [9.17, 15) is 4.79 Å². The molecule has 2 N–H and O–H groups in total. The maximum Gasteiger partial charge on any atom is 0.356 e. The number of carbonyl (C=O) groups is 1. The Morgan fingerprint density at radius 1 is 1.50 bits per heavy atom. The molecule has 1 aromatic rings. The molecule has 6 nitrogen and oxygen atoms in total. The summed E-state index contributed by atoms with van der Waals surface area (Å²) < 4.78 is 0. The summed E-state index contributed by atoms with van der Waals surface area (Å²) in [4.78, 5) is 21.0. The van der Waals surface area contributed by atoms with Crippen LogP contribution in [0.2, 0.25) is 0 Å². The lowest BCUT2D eigenvalue weighted by atomic mass is 10.3. The average molecular weight is 250 g/mol. The Morgan fingerprint density at radius 3 is 2.89 bits per heavy atom. The van der Waals surface area contributed by atoms with E-state index >= 15 is 0 Å². The molecule has 0 bridgehead atoms. The van der Waals surface area contributed by atoms with Crippen molar-refractivity contribution in [1.29, 1.82) is 0 Å². The number of hydrogen-bond donors (Lipinski definition) is 2. The minimum absolute atomic E-state index is 0.0335. The van der Waals surface area contributed by atoms with Crippen molar-refractivity contribution in [2.75, 3.05) is 25.0 Å². The second kappa shape index (κ2) is 5.77. The Hall–Kier alpha value is -1.69. The van der Waals surface area contributed by atoms with Crippen LogP contribution in [0.4, 0.5) is 5.82 Å². The zero-order valence-electron chi connectivity index (χ0n) is 10.5. The predicted octanol–water partition coefficient (Wildman–Crippen LogP) is 1.07. The summed E-state index contributed by atoms with van der Waals surface area (Å²) in [5, 5.41) is 12.0. The van der Waals surface area contributed by atoms with Crippen molar-refractivity contribution in [1.82, 2.24) is 14.9 Å². The molecule has 1 saturated heterocycles.